The van der Waals surface area contributed by atoms with E-state index in [9.17, 15) is 36.6 Å². The van der Waals surface area contributed by atoms with Gasteiger partial charge in [0, 0.05) is 29.9 Å². The quantitative estimate of drug-likeness (QED) is 0.281. The van der Waals surface area contributed by atoms with Crippen LogP contribution in [0, 0.1) is 23.7 Å². The number of carbonyl (C=O) groups is 2. The van der Waals surface area contributed by atoms with Crippen LogP contribution in [0.1, 0.15) is 112 Å². The summed E-state index contributed by atoms with van der Waals surface area (Å²) in [5.41, 5.74) is -2.42. The molecule has 0 unspecified atom stereocenters. The molecule has 6 aliphatic carbocycles. The van der Waals surface area contributed by atoms with E-state index in [1.165, 1.54) is 0 Å². The third-order valence-corrected chi connectivity index (χ3v) is 14.1. The summed E-state index contributed by atoms with van der Waals surface area (Å²) >= 11 is 0. The smallest absolute Gasteiger partial charge is 0.434 e. The first-order chi connectivity index (χ1) is 25.2. The van der Waals surface area contributed by atoms with Crippen molar-refractivity contribution < 1.29 is 41.4 Å². The largest absolute Gasteiger partial charge is 0.490 e. The summed E-state index contributed by atoms with van der Waals surface area (Å²) in [5, 5.41) is 13.1. The number of hydrogen-bond donors (Lipinski definition) is 2. The number of aliphatic carboxylic acids is 1. The van der Waals surface area contributed by atoms with E-state index in [0.29, 0.717) is 55.5 Å². The van der Waals surface area contributed by atoms with Gasteiger partial charge in [0.15, 0.2) is 5.69 Å². The molecule has 9 nitrogen and oxygen atoms in total. The molecule has 3 heterocycles. The molecule has 4 bridgehead atoms. The lowest BCUT2D eigenvalue weighted by molar-refractivity contribution is -0.163. The van der Waals surface area contributed by atoms with E-state index in [1.807, 2.05) is 23.1 Å². The molecule has 53 heavy (non-hydrogen) atoms. The Hall–Kier alpha value is -3.55. The van der Waals surface area contributed by atoms with Gasteiger partial charge in [0.1, 0.15) is 11.3 Å². The van der Waals surface area contributed by atoms with Crippen molar-refractivity contribution in [3.63, 3.8) is 0 Å². The molecule has 1 spiro atoms. The highest BCUT2D eigenvalue weighted by atomic mass is 19.4. The Morgan fingerprint density at radius 2 is 1.57 bits per heavy atom. The number of hydrogen-bond acceptors (Lipinski definition) is 7. The zero-order valence-electron chi connectivity index (χ0n) is 29.6. The van der Waals surface area contributed by atoms with E-state index in [0.717, 1.165) is 76.0 Å². The van der Waals surface area contributed by atoms with E-state index >= 15 is 0 Å². The molecule has 14 heteroatoms. The van der Waals surface area contributed by atoms with Crippen molar-refractivity contribution in [3.05, 3.63) is 41.2 Å². The number of halogens is 5. The second-order valence-electron chi connectivity index (χ2n) is 17.3. The lowest BCUT2D eigenvalue weighted by Gasteiger charge is -2.59. The zero-order chi connectivity index (χ0) is 36.9. The van der Waals surface area contributed by atoms with Crippen LogP contribution >= 0.6 is 0 Å². The normalized spacial score (nSPS) is 34.1. The van der Waals surface area contributed by atoms with Gasteiger partial charge in [0.2, 0.25) is 5.95 Å². The first kappa shape index (κ1) is 35.2. The Morgan fingerprint density at radius 3 is 2.17 bits per heavy atom. The highest BCUT2D eigenvalue weighted by Gasteiger charge is 2.62. The molecule has 1 aromatic heterocycles. The molecule has 1 aromatic carbocycles. The van der Waals surface area contributed by atoms with Crippen LogP contribution in [0.15, 0.2) is 24.4 Å². The van der Waals surface area contributed by atoms with Gasteiger partial charge in [-0.1, -0.05) is 19.3 Å². The molecule has 7 fully saturated rings. The third kappa shape index (κ3) is 5.96. The molecular weight excluding hydrogens is 697 g/mol. The number of fused-ring (bicyclic) bond motifs is 2. The molecule has 10 rings (SSSR count). The van der Waals surface area contributed by atoms with E-state index in [2.05, 4.69) is 15.3 Å². The zero-order valence-corrected chi connectivity index (χ0v) is 29.6. The molecule has 1 amide bonds. The highest BCUT2D eigenvalue weighted by Crippen LogP contribution is 2.59. The number of carboxylic acid groups (broad SMARTS) is 1. The molecule has 0 atom stereocenters. The molecule has 8 aliphatic rings. The number of likely N-dealkylation sites (tertiary alicyclic amines) is 1. The van der Waals surface area contributed by atoms with Crippen LogP contribution in [-0.2, 0) is 16.4 Å². The molecule has 0 radical (unpaired) electrons. The first-order valence-electron chi connectivity index (χ1n) is 19.4. The van der Waals surface area contributed by atoms with Crippen molar-refractivity contribution >= 4 is 23.5 Å². The minimum atomic E-state index is -5.00. The van der Waals surface area contributed by atoms with E-state index in [-0.39, 0.29) is 48.4 Å². The summed E-state index contributed by atoms with van der Waals surface area (Å²) in [6.07, 6.45) is 7.28. The Balaban J connectivity index is 0.976. The lowest BCUT2D eigenvalue weighted by Crippen LogP contribution is -2.70. The summed E-state index contributed by atoms with van der Waals surface area (Å²) in [4.78, 5) is 38.6. The number of carboxylic acids is 1. The van der Waals surface area contributed by atoms with Crippen LogP contribution in [0.3, 0.4) is 0 Å². The van der Waals surface area contributed by atoms with Crippen LogP contribution in [0.4, 0.5) is 33.6 Å². The van der Waals surface area contributed by atoms with Gasteiger partial charge in [0.25, 0.3) is 11.8 Å². The topological polar surface area (TPSA) is 108 Å². The van der Waals surface area contributed by atoms with Gasteiger partial charge in [-0.3, -0.25) is 9.69 Å². The molecule has 2 aliphatic heterocycles. The molecule has 1 saturated heterocycles. The molecule has 2 N–H and O–H groups in total. The van der Waals surface area contributed by atoms with Gasteiger partial charge in [-0.2, -0.15) is 13.2 Å². The molecule has 6 saturated carbocycles. The second kappa shape index (κ2) is 12.5. The Kier molecular flexibility index (Phi) is 8.29. The minimum Gasteiger partial charge on any atom is -0.490 e. The fourth-order valence-corrected chi connectivity index (χ4v) is 11.8. The first-order valence-corrected chi connectivity index (χ1v) is 19.4. The summed E-state index contributed by atoms with van der Waals surface area (Å²) < 4.78 is 77.7. The van der Waals surface area contributed by atoms with Gasteiger partial charge in [-0.05, 0) is 118 Å². The lowest BCUT2D eigenvalue weighted by atomic mass is 9.48. The SMILES string of the molecule is O=C(NC1(C(=O)O)C2CC3CC(C2)CC1C3)c1cnc(N2CC3(CCCCC3)c3cc(OC4CCC(N5CC(F)(F)C5)CC4)ccc32)nc1C(F)(F)F. The maximum absolute atomic E-state index is 14.8. The number of nitrogens with zero attached hydrogens (tertiary/aromatic N) is 4. The molecule has 286 valence electrons. The van der Waals surface area contributed by atoms with Crippen molar-refractivity contribution in [2.45, 2.75) is 125 Å². The average molecular weight is 744 g/mol. The monoisotopic (exact) mass is 743 g/mol. The van der Waals surface area contributed by atoms with Gasteiger partial charge >= 0.3 is 12.1 Å². The third-order valence-electron chi connectivity index (χ3n) is 14.1. The number of benzene rings is 1. The fourth-order valence-electron chi connectivity index (χ4n) is 11.8. The summed E-state index contributed by atoms with van der Waals surface area (Å²) in [6, 6.07) is 5.81. The van der Waals surface area contributed by atoms with Gasteiger partial charge in [-0.15, -0.1) is 0 Å². The summed E-state index contributed by atoms with van der Waals surface area (Å²) in [7, 11) is 0. The maximum atomic E-state index is 14.8. The maximum Gasteiger partial charge on any atom is 0.434 e. The summed E-state index contributed by atoms with van der Waals surface area (Å²) in [5.74, 6) is -4.24. The standard InChI is InChI=1S/C39H46F5N5O4/c40-37(41)20-48(21-37)26-4-6-27(7-5-26)53-28-8-9-31-30(17-28)36(10-2-1-3-11-36)19-49(31)35-45-18-29(32(46-35)39(42,43)44)33(50)47-38(34(51)52)24-13-22-12-23(15-24)16-25(38)14-22/h8-9,17-18,22-27H,1-7,10-16,19-21H2,(H,47,50)(H,51,52). The number of ether oxygens (including phenoxy) is 1. The van der Waals surface area contributed by atoms with E-state index in [4.69, 9.17) is 4.74 Å². The van der Waals surface area contributed by atoms with Gasteiger partial charge in [-0.25, -0.2) is 23.5 Å². The van der Waals surface area contributed by atoms with Crippen LogP contribution in [0.25, 0.3) is 0 Å². The van der Waals surface area contributed by atoms with Crippen molar-refractivity contribution in [1.29, 1.82) is 0 Å². The van der Waals surface area contributed by atoms with E-state index in [1.54, 1.807) is 4.90 Å². The Morgan fingerprint density at radius 1 is 0.906 bits per heavy atom. The number of carbonyl (C=O) groups excluding carboxylic acids is 1. The van der Waals surface area contributed by atoms with Crippen molar-refractivity contribution in [3.8, 4) is 5.75 Å². The fraction of sp³-hybridized carbons (Fsp3) is 0.692. The number of aromatic nitrogens is 2. The highest BCUT2D eigenvalue weighted by molar-refractivity contribution is 5.99. The predicted octanol–water partition coefficient (Wildman–Crippen LogP) is 7.50. The number of rotatable bonds is 7. The van der Waals surface area contributed by atoms with Crippen molar-refractivity contribution in [2.24, 2.45) is 23.7 Å². The van der Waals surface area contributed by atoms with Crippen molar-refractivity contribution in [2.75, 3.05) is 24.5 Å². The van der Waals surface area contributed by atoms with Crippen molar-refractivity contribution in [1.82, 2.24) is 20.2 Å². The number of amides is 1. The Labute approximate surface area is 305 Å². The van der Waals surface area contributed by atoms with Gasteiger partial charge in [0.05, 0.1) is 24.8 Å². The molecular formula is C39H46F5N5O4. The Bertz CT molecular complexity index is 1750. The predicted molar refractivity (Wildman–Crippen MR) is 183 cm³/mol. The van der Waals surface area contributed by atoms with Crippen LogP contribution in [0.2, 0.25) is 0 Å². The summed E-state index contributed by atoms with van der Waals surface area (Å²) in [6.45, 7) is 0.0291. The van der Waals surface area contributed by atoms with E-state index < -0.39 is 40.8 Å². The van der Waals surface area contributed by atoms with Gasteiger partial charge < -0.3 is 20.1 Å². The van der Waals surface area contributed by atoms with Crippen LogP contribution in [0.5, 0.6) is 5.75 Å². The second-order valence-corrected chi connectivity index (χ2v) is 17.3. The van der Waals surface area contributed by atoms with Crippen LogP contribution < -0.4 is 15.0 Å². The molecule has 2 aromatic rings. The number of anilines is 2. The number of nitrogens with one attached hydrogen (secondary N) is 1. The number of alkyl halides is 5. The average Bonchev–Trinajstić information content (AvgIpc) is 3.40. The minimum absolute atomic E-state index is 0.0543. The van der Waals surface area contributed by atoms with Crippen LogP contribution in [-0.4, -0.2) is 75.1 Å².